The molecule has 0 bridgehead atoms. The fraction of sp³-hybridized carbons (Fsp3) is 0.259. The van der Waals surface area contributed by atoms with Gasteiger partial charge in [-0.05, 0) is 67.8 Å². The first-order valence-corrected chi connectivity index (χ1v) is 12.1. The van der Waals surface area contributed by atoms with Gasteiger partial charge in [0.1, 0.15) is 5.75 Å². The molecule has 2 amide bonds. The van der Waals surface area contributed by atoms with Gasteiger partial charge in [0, 0.05) is 48.2 Å². The third kappa shape index (κ3) is 5.13. The SMILES string of the molecule is Cc1cc(Nc2nccn3c(-c4ccc(OC(F)F)cc4)cnc23)ccc1C(=O)N1CCC(C(N)=O)CC1. The van der Waals surface area contributed by atoms with Crippen molar-refractivity contribution in [1.82, 2.24) is 19.3 Å². The normalized spacial score (nSPS) is 14.2. The van der Waals surface area contributed by atoms with E-state index in [4.69, 9.17) is 5.73 Å². The molecule has 0 unspecified atom stereocenters. The van der Waals surface area contributed by atoms with Crippen LogP contribution in [0.2, 0.25) is 0 Å². The highest BCUT2D eigenvalue weighted by molar-refractivity contribution is 5.96. The summed E-state index contributed by atoms with van der Waals surface area (Å²) in [5.74, 6) is 0.0378. The van der Waals surface area contributed by atoms with Crippen molar-refractivity contribution in [2.24, 2.45) is 11.7 Å². The predicted octanol–water partition coefficient (Wildman–Crippen LogP) is 4.39. The summed E-state index contributed by atoms with van der Waals surface area (Å²) in [6.45, 7) is -0.00492. The third-order valence-corrected chi connectivity index (χ3v) is 6.71. The van der Waals surface area contributed by atoms with Gasteiger partial charge in [-0.2, -0.15) is 8.78 Å². The quantitative estimate of drug-likeness (QED) is 0.374. The number of halogens is 2. The number of hydrogen-bond donors (Lipinski definition) is 2. The van der Waals surface area contributed by atoms with E-state index in [9.17, 15) is 18.4 Å². The maximum Gasteiger partial charge on any atom is 0.387 e. The average Bonchev–Trinajstić information content (AvgIpc) is 3.34. The number of primary amides is 1. The number of anilines is 2. The van der Waals surface area contributed by atoms with Gasteiger partial charge in [0.15, 0.2) is 11.5 Å². The molecule has 11 heteroatoms. The highest BCUT2D eigenvalue weighted by atomic mass is 19.3. The van der Waals surface area contributed by atoms with Gasteiger partial charge in [-0.1, -0.05) is 0 Å². The van der Waals surface area contributed by atoms with Crippen LogP contribution in [0.5, 0.6) is 5.75 Å². The molecular formula is C27H26F2N6O3. The predicted molar refractivity (Wildman–Crippen MR) is 137 cm³/mol. The standard InChI is InChI=1S/C27H26F2N6O3/c1-16-14-19(4-7-21(16)26(37)34-11-8-18(9-12-34)23(30)36)33-24-25-32-15-22(35(25)13-10-31-24)17-2-5-20(6-3-17)38-27(28)29/h2-7,10,13-15,18,27H,8-9,11-12H2,1H3,(H2,30,36)(H,31,33). The number of aromatic nitrogens is 3. The van der Waals surface area contributed by atoms with Gasteiger partial charge in [0.2, 0.25) is 5.91 Å². The van der Waals surface area contributed by atoms with Crippen molar-refractivity contribution in [3.05, 3.63) is 72.2 Å². The van der Waals surface area contributed by atoms with Crippen molar-refractivity contribution in [2.75, 3.05) is 18.4 Å². The third-order valence-electron chi connectivity index (χ3n) is 6.71. The summed E-state index contributed by atoms with van der Waals surface area (Å²) in [7, 11) is 0. The van der Waals surface area contributed by atoms with Crippen molar-refractivity contribution < 1.29 is 23.1 Å². The number of fused-ring (bicyclic) bond motifs is 1. The monoisotopic (exact) mass is 520 g/mol. The van der Waals surface area contributed by atoms with Gasteiger partial charge in [-0.3, -0.25) is 14.0 Å². The summed E-state index contributed by atoms with van der Waals surface area (Å²) in [6.07, 6.45) is 6.24. The summed E-state index contributed by atoms with van der Waals surface area (Å²) in [6, 6.07) is 11.8. The Kier molecular flexibility index (Phi) is 6.91. The Morgan fingerprint density at radius 1 is 1.11 bits per heavy atom. The molecule has 38 heavy (non-hydrogen) atoms. The molecule has 2 aromatic carbocycles. The molecule has 4 aromatic rings. The largest absolute Gasteiger partial charge is 0.435 e. The summed E-state index contributed by atoms with van der Waals surface area (Å²) in [4.78, 5) is 35.2. The van der Waals surface area contributed by atoms with Gasteiger partial charge in [-0.25, -0.2) is 9.97 Å². The zero-order valence-electron chi connectivity index (χ0n) is 20.6. The molecule has 196 valence electrons. The molecule has 1 fully saturated rings. The molecule has 1 aliphatic heterocycles. The number of carbonyl (C=O) groups is 2. The number of piperidine rings is 1. The second kappa shape index (κ2) is 10.4. The molecular weight excluding hydrogens is 494 g/mol. The minimum atomic E-state index is -2.88. The smallest absolute Gasteiger partial charge is 0.387 e. The number of aryl methyl sites for hydroxylation is 1. The fourth-order valence-electron chi connectivity index (χ4n) is 4.68. The van der Waals surface area contributed by atoms with E-state index >= 15 is 0 Å². The Labute approximate surface area is 217 Å². The van der Waals surface area contributed by atoms with Crippen LogP contribution in [0.1, 0.15) is 28.8 Å². The van der Waals surface area contributed by atoms with Crippen LogP contribution >= 0.6 is 0 Å². The molecule has 0 aliphatic carbocycles. The number of carbonyl (C=O) groups excluding carboxylic acids is 2. The number of hydrogen-bond acceptors (Lipinski definition) is 6. The van der Waals surface area contributed by atoms with Gasteiger partial charge in [0.05, 0.1) is 11.9 Å². The highest BCUT2D eigenvalue weighted by Gasteiger charge is 2.27. The van der Waals surface area contributed by atoms with E-state index in [-0.39, 0.29) is 23.5 Å². The Morgan fingerprint density at radius 2 is 1.84 bits per heavy atom. The maximum atomic E-state index is 13.1. The van der Waals surface area contributed by atoms with Crippen molar-refractivity contribution in [3.8, 4) is 17.0 Å². The first-order valence-electron chi connectivity index (χ1n) is 12.1. The minimum absolute atomic E-state index is 0.0694. The van der Waals surface area contributed by atoms with Crippen LogP contribution in [0.15, 0.2) is 61.1 Å². The molecule has 3 N–H and O–H groups in total. The lowest BCUT2D eigenvalue weighted by atomic mass is 9.95. The van der Waals surface area contributed by atoms with Gasteiger partial charge >= 0.3 is 6.61 Å². The molecule has 0 atom stereocenters. The number of ether oxygens (including phenoxy) is 1. The van der Waals surface area contributed by atoms with E-state index < -0.39 is 6.61 Å². The fourth-order valence-corrected chi connectivity index (χ4v) is 4.68. The molecule has 5 rings (SSSR count). The number of nitrogens with zero attached hydrogens (tertiary/aromatic N) is 4. The average molecular weight is 521 g/mol. The van der Waals surface area contributed by atoms with E-state index in [1.165, 1.54) is 12.1 Å². The first kappa shape index (κ1) is 25.1. The van der Waals surface area contributed by atoms with Crippen LogP contribution in [0.3, 0.4) is 0 Å². The van der Waals surface area contributed by atoms with E-state index in [2.05, 4.69) is 20.0 Å². The topological polar surface area (TPSA) is 115 Å². The van der Waals surface area contributed by atoms with E-state index in [0.29, 0.717) is 43.0 Å². The van der Waals surface area contributed by atoms with Gasteiger partial charge in [0.25, 0.3) is 5.91 Å². The van der Waals surface area contributed by atoms with Crippen molar-refractivity contribution in [2.45, 2.75) is 26.4 Å². The van der Waals surface area contributed by atoms with Crippen LogP contribution < -0.4 is 15.8 Å². The van der Waals surface area contributed by atoms with Crippen LogP contribution in [0.4, 0.5) is 20.3 Å². The second-order valence-electron chi connectivity index (χ2n) is 9.14. The number of nitrogens with one attached hydrogen (secondary N) is 1. The number of likely N-dealkylation sites (tertiary alicyclic amines) is 1. The highest BCUT2D eigenvalue weighted by Crippen LogP contribution is 2.28. The number of imidazole rings is 1. The lowest BCUT2D eigenvalue weighted by molar-refractivity contribution is -0.123. The number of alkyl halides is 2. The summed E-state index contributed by atoms with van der Waals surface area (Å²) >= 11 is 0. The van der Waals surface area contributed by atoms with Gasteiger partial charge in [-0.15, -0.1) is 0 Å². The minimum Gasteiger partial charge on any atom is -0.435 e. The van der Waals surface area contributed by atoms with Crippen LogP contribution in [-0.4, -0.2) is 50.8 Å². The number of benzene rings is 2. The molecule has 0 radical (unpaired) electrons. The molecule has 0 spiro atoms. The Bertz CT molecular complexity index is 1480. The zero-order chi connectivity index (χ0) is 26.8. The van der Waals surface area contributed by atoms with E-state index in [0.717, 1.165) is 22.5 Å². The molecule has 2 aromatic heterocycles. The van der Waals surface area contributed by atoms with Crippen LogP contribution in [0.25, 0.3) is 16.9 Å². The molecule has 9 nitrogen and oxygen atoms in total. The van der Waals surface area contributed by atoms with Crippen LogP contribution in [-0.2, 0) is 4.79 Å². The number of nitrogens with two attached hydrogens (primary N) is 1. The number of amides is 2. The van der Waals surface area contributed by atoms with Crippen molar-refractivity contribution >= 4 is 29.0 Å². The molecule has 1 aliphatic rings. The number of rotatable bonds is 7. The van der Waals surface area contributed by atoms with Crippen molar-refractivity contribution in [3.63, 3.8) is 0 Å². The second-order valence-corrected chi connectivity index (χ2v) is 9.14. The molecule has 3 heterocycles. The summed E-state index contributed by atoms with van der Waals surface area (Å²) in [5.41, 5.74) is 9.65. The lowest BCUT2D eigenvalue weighted by Crippen LogP contribution is -2.41. The molecule has 1 saturated heterocycles. The Morgan fingerprint density at radius 3 is 2.50 bits per heavy atom. The van der Waals surface area contributed by atoms with Gasteiger partial charge < -0.3 is 20.7 Å². The lowest BCUT2D eigenvalue weighted by Gasteiger charge is -2.31. The zero-order valence-corrected chi connectivity index (χ0v) is 20.6. The Hall–Kier alpha value is -4.54. The summed E-state index contributed by atoms with van der Waals surface area (Å²) in [5, 5.41) is 3.27. The summed E-state index contributed by atoms with van der Waals surface area (Å²) < 4.78 is 31.2. The van der Waals surface area contributed by atoms with E-state index in [1.807, 2.05) is 23.5 Å². The maximum absolute atomic E-state index is 13.1. The van der Waals surface area contributed by atoms with Crippen LogP contribution in [0, 0.1) is 12.8 Å². The Balaban J connectivity index is 1.33. The first-order chi connectivity index (χ1) is 18.3. The van der Waals surface area contributed by atoms with Crippen molar-refractivity contribution in [1.29, 1.82) is 0 Å². The van der Waals surface area contributed by atoms with E-state index in [1.54, 1.807) is 41.7 Å². The molecule has 0 saturated carbocycles.